The van der Waals surface area contributed by atoms with Crippen molar-refractivity contribution >= 4 is 17.1 Å². The summed E-state index contributed by atoms with van der Waals surface area (Å²) in [6.07, 6.45) is 0. The molecule has 0 aliphatic rings. The number of hydrogen-bond acceptors (Lipinski definition) is 5. The van der Waals surface area contributed by atoms with Crippen molar-refractivity contribution in [3.63, 3.8) is 0 Å². The number of hydrogen-bond donors (Lipinski definition) is 3. The maximum absolute atomic E-state index is 10.6. The van der Waals surface area contributed by atoms with E-state index in [2.05, 4.69) is 0 Å². The molecule has 0 atom stereocenters. The predicted octanol–water partition coefficient (Wildman–Crippen LogP) is 7.92. The molecular formula is C30H31NO4. The Bertz CT molecular complexity index is 1370. The summed E-state index contributed by atoms with van der Waals surface area (Å²) in [7, 11) is 0. The molecule has 0 unspecified atom stereocenters. The molecule has 35 heavy (non-hydrogen) atoms. The van der Waals surface area contributed by atoms with Crippen molar-refractivity contribution in [1.82, 2.24) is 0 Å². The van der Waals surface area contributed by atoms with Crippen molar-refractivity contribution in [2.24, 2.45) is 0 Å². The monoisotopic (exact) mass is 469 g/mol. The van der Waals surface area contributed by atoms with Gasteiger partial charge in [0.25, 0.3) is 0 Å². The number of ether oxygens (including phenoxy) is 1. The molecule has 5 heteroatoms. The molecule has 0 aliphatic carbocycles. The first-order chi connectivity index (χ1) is 16.6. The van der Waals surface area contributed by atoms with E-state index in [0.717, 1.165) is 33.8 Å². The Morgan fingerprint density at radius 3 is 1.63 bits per heavy atom. The summed E-state index contributed by atoms with van der Waals surface area (Å²) in [6.45, 7) is 11.4. The van der Waals surface area contributed by atoms with Gasteiger partial charge in [0.15, 0.2) is 5.75 Å². The number of para-hydroxylation sites is 2. The molecule has 3 N–H and O–H groups in total. The van der Waals surface area contributed by atoms with Crippen molar-refractivity contribution < 1.29 is 20.1 Å². The predicted molar refractivity (Wildman–Crippen MR) is 141 cm³/mol. The first-order valence-corrected chi connectivity index (χ1v) is 11.6. The van der Waals surface area contributed by atoms with Crippen LogP contribution < -0.4 is 9.64 Å². The van der Waals surface area contributed by atoms with Crippen LogP contribution in [0.5, 0.6) is 28.7 Å². The second-order valence-electron chi connectivity index (χ2n) is 9.01. The molecule has 0 spiro atoms. The first-order valence-electron chi connectivity index (χ1n) is 11.6. The van der Waals surface area contributed by atoms with E-state index in [0.29, 0.717) is 28.2 Å². The fourth-order valence-corrected chi connectivity index (χ4v) is 4.46. The van der Waals surface area contributed by atoms with Crippen LogP contribution in [0.3, 0.4) is 0 Å². The van der Waals surface area contributed by atoms with Crippen LogP contribution in [0.1, 0.15) is 33.4 Å². The van der Waals surface area contributed by atoms with Crippen molar-refractivity contribution in [2.75, 3.05) is 4.90 Å². The van der Waals surface area contributed by atoms with Crippen molar-refractivity contribution in [3.05, 3.63) is 94.0 Å². The lowest BCUT2D eigenvalue weighted by Gasteiger charge is -2.32. The van der Waals surface area contributed by atoms with E-state index in [9.17, 15) is 15.3 Å². The van der Waals surface area contributed by atoms with Gasteiger partial charge in [-0.2, -0.15) is 0 Å². The Morgan fingerprint density at radius 1 is 0.543 bits per heavy atom. The first kappa shape index (κ1) is 24.0. The highest BCUT2D eigenvalue weighted by molar-refractivity contribution is 5.87. The van der Waals surface area contributed by atoms with E-state index in [-0.39, 0.29) is 17.2 Å². The highest BCUT2D eigenvalue weighted by Gasteiger charge is 2.25. The number of benzene rings is 4. The lowest BCUT2D eigenvalue weighted by Crippen LogP contribution is -2.16. The van der Waals surface area contributed by atoms with Gasteiger partial charge >= 0.3 is 0 Å². The summed E-state index contributed by atoms with van der Waals surface area (Å²) in [5.74, 6) is 1.70. The number of phenolic OH excluding ortho intramolecular Hbond substituents is 3. The quantitative estimate of drug-likeness (QED) is 0.277. The maximum Gasteiger partial charge on any atom is 0.151 e. The Balaban J connectivity index is 2.01. The molecule has 0 aromatic heterocycles. The number of aromatic hydroxyl groups is 3. The molecule has 0 saturated heterocycles. The largest absolute Gasteiger partial charge is 0.508 e. The van der Waals surface area contributed by atoms with Crippen LogP contribution in [-0.2, 0) is 0 Å². The molecule has 0 bridgehead atoms. The lowest BCUT2D eigenvalue weighted by atomic mass is 10.0. The van der Waals surface area contributed by atoms with E-state index in [1.165, 1.54) is 0 Å². The molecule has 4 aromatic rings. The summed E-state index contributed by atoms with van der Waals surface area (Å²) in [6, 6.07) is 18.5. The Labute approximate surface area is 206 Å². The van der Waals surface area contributed by atoms with Gasteiger partial charge in [-0.15, -0.1) is 0 Å². The van der Waals surface area contributed by atoms with Crippen LogP contribution in [0.25, 0.3) is 0 Å². The van der Waals surface area contributed by atoms with Gasteiger partial charge < -0.3 is 25.0 Å². The summed E-state index contributed by atoms with van der Waals surface area (Å²) in [5, 5.41) is 31.7. The topological polar surface area (TPSA) is 73.2 Å². The summed E-state index contributed by atoms with van der Waals surface area (Å²) < 4.78 is 6.39. The Hall–Kier alpha value is -4.12. The maximum atomic E-state index is 10.6. The minimum Gasteiger partial charge on any atom is -0.508 e. The molecule has 4 aromatic carbocycles. The number of rotatable bonds is 5. The van der Waals surface area contributed by atoms with E-state index >= 15 is 0 Å². The standard InChI is InChI=1S/C30H31NO4/c1-17-11-14-24(32)20(4)28(17)31(29-18(2)12-15-25(33)21(29)5)23-9-7-8-10-27(23)35-26-16-13-19(3)30(34)22(26)6/h7-16,32-34H,1-6H3. The number of nitrogens with zero attached hydrogens (tertiary/aromatic N) is 1. The van der Waals surface area contributed by atoms with E-state index < -0.39 is 0 Å². The minimum absolute atomic E-state index is 0.184. The third-order valence-electron chi connectivity index (χ3n) is 6.56. The molecule has 180 valence electrons. The zero-order chi connectivity index (χ0) is 25.4. The normalized spacial score (nSPS) is 10.9. The van der Waals surface area contributed by atoms with Gasteiger partial charge in [-0.05, 0) is 88.6 Å². The highest BCUT2D eigenvalue weighted by Crippen LogP contribution is 2.49. The van der Waals surface area contributed by atoms with Crippen LogP contribution >= 0.6 is 0 Å². The molecular weight excluding hydrogens is 438 g/mol. The SMILES string of the molecule is Cc1ccc(Oc2ccccc2N(c2c(C)ccc(O)c2C)c2c(C)ccc(O)c2C)c(C)c1O. The molecule has 0 saturated carbocycles. The summed E-state index contributed by atoms with van der Waals surface area (Å²) >= 11 is 0. The fourth-order valence-electron chi connectivity index (χ4n) is 4.46. The third kappa shape index (κ3) is 4.26. The molecule has 4 rings (SSSR count). The summed E-state index contributed by atoms with van der Waals surface area (Å²) in [4.78, 5) is 2.04. The van der Waals surface area contributed by atoms with Crippen molar-refractivity contribution in [2.45, 2.75) is 41.5 Å². The van der Waals surface area contributed by atoms with E-state index in [1.807, 2.05) is 95.0 Å². The van der Waals surface area contributed by atoms with Gasteiger partial charge in [0.05, 0.1) is 17.1 Å². The van der Waals surface area contributed by atoms with Gasteiger partial charge in [0.1, 0.15) is 23.0 Å². The molecule has 5 nitrogen and oxygen atoms in total. The van der Waals surface area contributed by atoms with Crippen molar-refractivity contribution in [1.29, 1.82) is 0 Å². The second-order valence-corrected chi connectivity index (χ2v) is 9.01. The van der Waals surface area contributed by atoms with Gasteiger partial charge in [-0.3, -0.25) is 0 Å². The molecule has 0 fully saturated rings. The highest BCUT2D eigenvalue weighted by atomic mass is 16.5. The van der Waals surface area contributed by atoms with Crippen LogP contribution in [-0.4, -0.2) is 15.3 Å². The van der Waals surface area contributed by atoms with Gasteiger partial charge in [-0.25, -0.2) is 0 Å². The molecule has 0 aliphatic heterocycles. The number of phenols is 3. The van der Waals surface area contributed by atoms with Crippen molar-refractivity contribution in [3.8, 4) is 28.7 Å². The smallest absolute Gasteiger partial charge is 0.151 e. The van der Waals surface area contributed by atoms with Gasteiger partial charge in [-0.1, -0.05) is 30.3 Å². The van der Waals surface area contributed by atoms with Crippen LogP contribution in [0.4, 0.5) is 17.1 Å². The minimum atomic E-state index is 0.184. The zero-order valence-corrected chi connectivity index (χ0v) is 21.0. The number of anilines is 3. The molecule has 0 amide bonds. The lowest BCUT2D eigenvalue weighted by molar-refractivity contribution is 0.445. The number of aryl methyl sites for hydroxylation is 3. The average Bonchev–Trinajstić information content (AvgIpc) is 2.84. The molecule has 0 heterocycles. The zero-order valence-electron chi connectivity index (χ0n) is 21.0. The third-order valence-corrected chi connectivity index (χ3v) is 6.56. The fraction of sp³-hybridized carbons (Fsp3) is 0.200. The van der Waals surface area contributed by atoms with Crippen LogP contribution in [0.2, 0.25) is 0 Å². The molecule has 0 radical (unpaired) electrons. The van der Waals surface area contributed by atoms with Crippen LogP contribution in [0.15, 0.2) is 60.7 Å². The van der Waals surface area contributed by atoms with Crippen LogP contribution in [0, 0.1) is 41.5 Å². The second kappa shape index (κ2) is 9.26. The Kier molecular flexibility index (Phi) is 6.35. The van der Waals surface area contributed by atoms with Gasteiger partial charge in [0.2, 0.25) is 0 Å². The van der Waals surface area contributed by atoms with E-state index in [4.69, 9.17) is 4.74 Å². The summed E-state index contributed by atoms with van der Waals surface area (Å²) in [5.41, 5.74) is 7.13. The van der Waals surface area contributed by atoms with Gasteiger partial charge in [0, 0.05) is 16.7 Å². The Morgan fingerprint density at radius 2 is 1.06 bits per heavy atom. The van der Waals surface area contributed by atoms with E-state index in [1.54, 1.807) is 12.1 Å². The average molecular weight is 470 g/mol.